The van der Waals surface area contributed by atoms with E-state index in [4.69, 9.17) is 4.74 Å². The molecule has 1 aromatic rings. The van der Waals surface area contributed by atoms with E-state index in [1.807, 2.05) is 19.1 Å². The van der Waals surface area contributed by atoms with Crippen molar-refractivity contribution in [1.29, 1.82) is 0 Å². The van der Waals surface area contributed by atoms with Gasteiger partial charge < -0.3 is 10.1 Å². The van der Waals surface area contributed by atoms with E-state index < -0.39 is 0 Å². The van der Waals surface area contributed by atoms with Gasteiger partial charge in [0.1, 0.15) is 5.75 Å². The number of ether oxygens (including phenoxy) is 1. The molecule has 0 spiro atoms. The van der Waals surface area contributed by atoms with Crippen LogP contribution in [0, 0.1) is 12.3 Å². The molecule has 0 amide bonds. The Morgan fingerprint density at radius 3 is 2.71 bits per heavy atom. The smallest absolute Gasteiger partial charge is 0.122 e. The van der Waals surface area contributed by atoms with Gasteiger partial charge in [0.2, 0.25) is 0 Å². The highest BCUT2D eigenvalue weighted by Gasteiger charge is 2.32. The number of methoxy groups -OCH3 is 1. The zero-order chi connectivity index (χ0) is 15.6. The maximum absolute atomic E-state index is 5.36. The standard InChI is InChI=1S/C17H29N3O/c1-12-7-15(21-6)8-14(19-12)10-20-11-16(17(3,4)5)18-9-13(20)2/h7-8,13,16,18H,9-11H2,1-6H3. The summed E-state index contributed by atoms with van der Waals surface area (Å²) in [5.41, 5.74) is 2.38. The van der Waals surface area contributed by atoms with Crippen molar-refractivity contribution in [2.75, 3.05) is 20.2 Å². The fraction of sp³-hybridized carbons (Fsp3) is 0.706. The van der Waals surface area contributed by atoms with E-state index >= 15 is 0 Å². The Hall–Kier alpha value is -1.13. The number of aromatic nitrogens is 1. The Morgan fingerprint density at radius 2 is 2.10 bits per heavy atom. The molecule has 4 heteroatoms. The summed E-state index contributed by atoms with van der Waals surface area (Å²) < 4.78 is 5.36. The minimum absolute atomic E-state index is 0.274. The second kappa shape index (κ2) is 6.32. The molecular formula is C17H29N3O. The van der Waals surface area contributed by atoms with Crippen LogP contribution in [0.3, 0.4) is 0 Å². The van der Waals surface area contributed by atoms with Crippen molar-refractivity contribution >= 4 is 0 Å². The van der Waals surface area contributed by atoms with Gasteiger partial charge in [-0.2, -0.15) is 0 Å². The molecular weight excluding hydrogens is 262 g/mol. The lowest BCUT2D eigenvalue weighted by atomic mass is 9.85. The molecule has 118 valence electrons. The molecule has 1 aromatic heterocycles. The number of piperazine rings is 1. The first kappa shape index (κ1) is 16.2. The van der Waals surface area contributed by atoms with E-state index in [1.54, 1.807) is 7.11 Å². The first-order chi connectivity index (χ1) is 9.79. The number of nitrogens with zero attached hydrogens (tertiary/aromatic N) is 2. The second-order valence-corrected chi connectivity index (χ2v) is 7.25. The summed E-state index contributed by atoms with van der Waals surface area (Å²) in [6.45, 7) is 14.2. The summed E-state index contributed by atoms with van der Waals surface area (Å²) in [6.07, 6.45) is 0. The quantitative estimate of drug-likeness (QED) is 0.929. The van der Waals surface area contributed by atoms with E-state index in [9.17, 15) is 0 Å². The van der Waals surface area contributed by atoms with Crippen molar-refractivity contribution < 1.29 is 4.74 Å². The molecule has 0 aliphatic carbocycles. The van der Waals surface area contributed by atoms with Crippen LogP contribution in [-0.2, 0) is 6.54 Å². The van der Waals surface area contributed by atoms with Crippen LogP contribution in [0.1, 0.15) is 39.1 Å². The topological polar surface area (TPSA) is 37.4 Å². The zero-order valence-electron chi connectivity index (χ0n) is 14.2. The summed E-state index contributed by atoms with van der Waals surface area (Å²) in [5.74, 6) is 0.896. The van der Waals surface area contributed by atoms with Crippen molar-refractivity contribution in [3.63, 3.8) is 0 Å². The lowest BCUT2D eigenvalue weighted by Crippen LogP contribution is -2.59. The summed E-state index contributed by atoms with van der Waals surface area (Å²) in [5, 5.41) is 3.67. The highest BCUT2D eigenvalue weighted by atomic mass is 16.5. The Morgan fingerprint density at radius 1 is 1.38 bits per heavy atom. The molecule has 4 nitrogen and oxygen atoms in total. The number of pyridine rings is 1. The number of rotatable bonds is 3. The first-order valence-electron chi connectivity index (χ1n) is 7.78. The van der Waals surface area contributed by atoms with E-state index in [-0.39, 0.29) is 5.41 Å². The van der Waals surface area contributed by atoms with Gasteiger partial charge in [-0.05, 0) is 19.3 Å². The second-order valence-electron chi connectivity index (χ2n) is 7.25. The fourth-order valence-corrected chi connectivity index (χ4v) is 2.83. The number of nitrogens with one attached hydrogen (secondary N) is 1. The molecule has 1 fully saturated rings. The minimum atomic E-state index is 0.274. The molecule has 1 saturated heterocycles. The Balaban J connectivity index is 2.11. The molecule has 0 aromatic carbocycles. The van der Waals surface area contributed by atoms with Gasteiger partial charge in [0.25, 0.3) is 0 Å². The highest BCUT2D eigenvalue weighted by molar-refractivity contribution is 5.26. The fourth-order valence-electron chi connectivity index (χ4n) is 2.83. The van der Waals surface area contributed by atoms with Gasteiger partial charge in [-0.15, -0.1) is 0 Å². The number of hydrogen-bond donors (Lipinski definition) is 1. The molecule has 0 radical (unpaired) electrons. The molecule has 0 saturated carbocycles. The van der Waals surface area contributed by atoms with Gasteiger partial charge >= 0.3 is 0 Å². The summed E-state index contributed by atoms with van der Waals surface area (Å²) in [4.78, 5) is 7.18. The van der Waals surface area contributed by atoms with Gasteiger partial charge in [-0.1, -0.05) is 20.8 Å². The minimum Gasteiger partial charge on any atom is -0.497 e. The molecule has 21 heavy (non-hydrogen) atoms. The predicted molar refractivity (Wildman–Crippen MR) is 86.6 cm³/mol. The normalized spacial score (nSPS) is 24.1. The Kier molecular flexibility index (Phi) is 4.89. The molecule has 1 N–H and O–H groups in total. The van der Waals surface area contributed by atoms with Crippen molar-refractivity contribution in [1.82, 2.24) is 15.2 Å². The molecule has 1 aliphatic heterocycles. The van der Waals surface area contributed by atoms with Gasteiger partial charge in [-0.25, -0.2) is 0 Å². The van der Waals surface area contributed by atoms with E-state index in [0.29, 0.717) is 12.1 Å². The van der Waals surface area contributed by atoms with Crippen LogP contribution in [0.2, 0.25) is 0 Å². The molecule has 2 unspecified atom stereocenters. The van der Waals surface area contributed by atoms with Gasteiger partial charge in [0, 0.05) is 49.5 Å². The third kappa shape index (κ3) is 4.17. The van der Waals surface area contributed by atoms with Crippen LogP contribution < -0.4 is 10.1 Å². The maximum Gasteiger partial charge on any atom is 0.122 e. The van der Waals surface area contributed by atoms with Crippen LogP contribution >= 0.6 is 0 Å². The van der Waals surface area contributed by atoms with Crippen molar-refractivity contribution in [2.45, 2.75) is 53.2 Å². The Labute approximate surface area is 128 Å². The van der Waals surface area contributed by atoms with E-state index in [2.05, 4.69) is 42.9 Å². The monoisotopic (exact) mass is 291 g/mol. The van der Waals surface area contributed by atoms with Crippen LogP contribution in [-0.4, -0.2) is 42.2 Å². The number of aryl methyl sites for hydroxylation is 1. The molecule has 2 rings (SSSR count). The van der Waals surface area contributed by atoms with E-state index in [1.165, 1.54) is 0 Å². The lowest BCUT2D eigenvalue weighted by molar-refractivity contribution is 0.0866. The summed E-state index contributed by atoms with van der Waals surface area (Å²) in [6, 6.07) is 5.06. The SMILES string of the molecule is COc1cc(C)nc(CN2CC(C(C)(C)C)NCC2C)c1. The average Bonchev–Trinajstić information content (AvgIpc) is 2.39. The predicted octanol–water partition coefficient (Wildman–Crippen LogP) is 2.61. The molecule has 1 aliphatic rings. The highest BCUT2D eigenvalue weighted by Crippen LogP contribution is 2.25. The van der Waals surface area contributed by atoms with Crippen LogP contribution in [0.5, 0.6) is 5.75 Å². The first-order valence-corrected chi connectivity index (χ1v) is 7.78. The van der Waals surface area contributed by atoms with Crippen molar-refractivity contribution in [3.05, 3.63) is 23.5 Å². The van der Waals surface area contributed by atoms with Crippen molar-refractivity contribution in [3.8, 4) is 5.75 Å². The van der Waals surface area contributed by atoms with Crippen LogP contribution in [0.25, 0.3) is 0 Å². The van der Waals surface area contributed by atoms with Crippen molar-refractivity contribution in [2.24, 2.45) is 5.41 Å². The summed E-state index contributed by atoms with van der Waals surface area (Å²) in [7, 11) is 1.71. The van der Waals surface area contributed by atoms with Crippen LogP contribution in [0.15, 0.2) is 12.1 Å². The largest absolute Gasteiger partial charge is 0.497 e. The third-order valence-corrected chi connectivity index (χ3v) is 4.33. The maximum atomic E-state index is 5.36. The molecule has 2 heterocycles. The molecule has 0 bridgehead atoms. The number of hydrogen-bond acceptors (Lipinski definition) is 4. The van der Waals surface area contributed by atoms with Gasteiger partial charge in [0.05, 0.1) is 12.8 Å². The average molecular weight is 291 g/mol. The van der Waals surface area contributed by atoms with Gasteiger partial charge in [0.15, 0.2) is 0 Å². The summed E-state index contributed by atoms with van der Waals surface area (Å²) >= 11 is 0. The third-order valence-electron chi connectivity index (χ3n) is 4.33. The lowest BCUT2D eigenvalue weighted by Gasteiger charge is -2.43. The van der Waals surface area contributed by atoms with Gasteiger partial charge in [-0.3, -0.25) is 9.88 Å². The Bertz CT molecular complexity index is 481. The zero-order valence-corrected chi connectivity index (χ0v) is 14.2. The van der Waals surface area contributed by atoms with E-state index in [0.717, 1.165) is 36.8 Å². The molecule has 2 atom stereocenters. The van der Waals surface area contributed by atoms with Crippen LogP contribution in [0.4, 0.5) is 0 Å².